The van der Waals surface area contributed by atoms with Gasteiger partial charge in [0, 0.05) is 26.1 Å². The Kier molecular flexibility index (Phi) is 5.97. The second-order valence-electron chi connectivity index (χ2n) is 7.44. The number of anilines is 1. The molecule has 1 aliphatic heterocycles. The Morgan fingerprint density at radius 1 is 1.16 bits per heavy atom. The number of hydrogen-bond donors (Lipinski definition) is 0. The molecule has 0 aliphatic carbocycles. The van der Waals surface area contributed by atoms with Gasteiger partial charge in [0.15, 0.2) is 5.58 Å². The van der Waals surface area contributed by atoms with Crippen molar-refractivity contribution in [3.63, 3.8) is 0 Å². The average Bonchev–Trinajstić information content (AvgIpc) is 3.23. The van der Waals surface area contributed by atoms with Gasteiger partial charge in [0.1, 0.15) is 11.3 Å². The molecule has 0 N–H and O–H groups in total. The normalized spacial score (nSPS) is 15.8. The van der Waals surface area contributed by atoms with E-state index in [0.29, 0.717) is 36.3 Å². The molecular weight excluding hydrogens is 418 g/mol. The van der Waals surface area contributed by atoms with Gasteiger partial charge < -0.3 is 9.15 Å². The van der Waals surface area contributed by atoms with Gasteiger partial charge in [-0.15, -0.1) is 0 Å². The number of nitrogens with zero attached hydrogens (tertiary/aromatic N) is 3. The number of rotatable bonds is 6. The van der Waals surface area contributed by atoms with E-state index >= 15 is 0 Å². The van der Waals surface area contributed by atoms with E-state index in [1.807, 2.05) is 25.1 Å². The zero-order valence-corrected chi connectivity index (χ0v) is 18.3. The smallest absolute Gasteiger partial charge is 0.304 e. The van der Waals surface area contributed by atoms with E-state index in [-0.39, 0.29) is 35.8 Å². The molecule has 1 aromatic heterocycles. The van der Waals surface area contributed by atoms with Crippen LogP contribution in [-0.4, -0.2) is 50.4 Å². The van der Waals surface area contributed by atoms with Crippen molar-refractivity contribution in [1.82, 2.24) is 9.29 Å². The summed E-state index contributed by atoms with van der Waals surface area (Å²) in [4.78, 5) is 19.0. The lowest BCUT2D eigenvalue weighted by atomic mass is 9.97. The Hall–Kier alpha value is -2.91. The standard InChI is InChI=1S/C22H25N3O5S/c1-3-29-17-8-10-18(11-9-17)31(27,28)25-14-12-16(13-15-25)21(26)24(2)22-23-19-6-4-5-7-20(19)30-22/h4-11,16H,3,12-15H2,1-2H3. The first kappa shape index (κ1) is 21.3. The minimum Gasteiger partial charge on any atom is -0.494 e. The lowest BCUT2D eigenvalue weighted by molar-refractivity contribution is -0.123. The fourth-order valence-electron chi connectivity index (χ4n) is 3.74. The molecule has 3 aromatic rings. The third-order valence-electron chi connectivity index (χ3n) is 5.48. The van der Waals surface area contributed by atoms with Gasteiger partial charge in [-0.1, -0.05) is 12.1 Å². The van der Waals surface area contributed by atoms with Crippen molar-refractivity contribution < 1.29 is 22.4 Å². The number of fused-ring (bicyclic) bond motifs is 1. The summed E-state index contributed by atoms with van der Waals surface area (Å²) < 4.78 is 38.4. The molecule has 0 unspecified atom stereocenters. The van der Waals surface area contributed by atoms with Crippen molar-refractivity contribution >= 4 is 33.0 Å². The fraction of sp³-hybridized carbons (Fsp3) is 0.364. The quantitative estimate of drug-likeness (QED) is 0.580. The lowest BCUT2D eigenvalue weighted by Gasteiger charge is -2.31. The number of piperidine rings is 1. The highest BCUT2D eigenvalue weighted by Crippen LogP contribution is 2.28. The number of carbonyl (C=O) groups is 1. The van der Waals surface area contributed by atoms with Crippen molar-refractivity contribution in [3.05, 3.63) is 48.5 Å². The third kappa shape index (κ3) is 4.28. The number of aromatic nitrogens is 1. The Labute approximate surface area is 181 Å². The van der Waals surface area contributed by atoms with Gasteiger partial charge in [-0.25, -0.2) is 8.42 Å². The molecule has 2 aromatic carbocycles. The summed E-state index contributed by atoms with van der Waals surface area (Å²) in [5.74, 6) is 0.226. The van der Waals surface area contributed by atoms with Crippen LogP contribution in [0.1, 0.15) is 19.8 Å². The Bertz CT molecular complexity index is 1130. The molecule has 0 bridgehead atoms. The largest absolute Gasteiger partial charge is 0.494 e. The van der Waals surface area contributed by atoms with Crippen LogP contribution in [-0.2, 0) is 14.8 Å². The van der Waals surface area contributed by atoms with E-state index in [9.17, 15) is 13.2 Å². The minimum atomic E-state index is -3.61. The van der Waals surface area contributed by atoms with Gasteiger partial charge in [-0.2, -0.15) is 9.29 Å². The van der Waals surface area contributed by atoms with Crippen molar-refractivity contribution in [1.29, 1.82) is 0 Å². The van der Waals surface area contributed by atoms with Gasteiger partial charge in [-0.3, -0.25) is 9.69 Å². The van der Waals surface area contributed by atoms with Crippen molar-refractivity contribution in [2.75, 3.05) is 31.6 Å². The van der Waals surface area contributed by atoms with Crippen LogP contribution in [0.3, 0.4) is 0 Å². The van der Waals surface area contributed by atoms with Gasteiger partial charge in [-0.05, 0) is 56.2 Å². The van der Waals surface area contributed by atoms with E-state index in [0.717, 1.165) is 0 Å². The monoisotopic (exact) mass is 443 g/mol. The predicted octanol–water partition coefficient (Wildman–Crippen LogP) is 3.29. The molecule has 0 radical (unpaired) electrons. The zero-order valence-electron chi connectivity index (χ0n) is 17.5. The molecular formula is C22H25N3O5S. The number of benzene rings is 2. The number of ether oxygens (including phenoxy) is 1. The Morgan fingerprint density at radius 2 is 1.84 bits per heavy atom. The van der Waals surface area contributed by atoms with Crippen LogP contribution in [0.2, 0.25) is 0 Å². The van der Waals surface area contributed by atoms with Gasteiger partial charge in [0.25, 0.3) is 0 Å². The number of amides is 1. The first-order chi connectivity index (χ1) is 14.9. The summed E-state index contributed by atoms with van der Waals surface area (Å²) in [5.41, 5.74) is 1.31. The highest BCUT2D eigenvalue weighted by molar-refractivity contribution is 7.89. The molecule has 2 heterocycles. The van der Waals surface area contributed by atoms with Crippen LogP contribution in [0.4, 0.5) is 6.01 Å². The molecule has 0 spiro atoms. The molecule has 8 nitrogen and oxygen atoms in total. The van der Waals surface area contributed by atoms with Crippen LogP contribution in [0.25, 0.3) is 11.1 Å². The van der Waals surface area contributed by atoms with Crippen molar-refractivity contribution in [2.24, 2.45) is 5.92 Å². The van der Waals surface area contributed by atoms with E-state index < -0.39 is 10.0 Å². The maximum absolute atomic E-state index is 13.0. The molecule has 164 valence electrons. The van der Waals surface area contributed by atoms with Crippen LogP contribution in [0.15, 0.2) is 57.8 Å². The molecule has 4 rings (SSSR count). The molecule has 1 saturated heterocycles. The van der Waals surface area contributed by atoms with E-state index in [1.54, 1.807) is 37.4 Å². The molecule has 1 fully saturated rings. The SMILES string of the molecule is CCOc1ccc(S(=O)(=O)N2CCC(C(=O)N(C)c3nc4ccccc4o3)CC2)cc1. The maximum atomic E-state index is 13.0. The molecule has 9 heteroatoms. The van der Waals surface area contributed by atoms with E-state index in [2.05, 4.69) is 4.98 Å². The Morgan fingerprint density at radius 3 is 2.48 bits per heavy atom. The minimum absolute atomic E-state index is 0.121. The number of carbonyl (C=O) groups excluding carboxylic acids is 1. The summed E-state index contributed by atoms with van der Waals surface area (Å²) >= 11 is 0. The first-order valence-electron chi connectivity index (χ1n) is 10.3. The predicted molar refractivity (Wildman–Crippen MR) is 117 cm³/mol. The topological polar surface area (TPSA) is 93.0 Å². The summed E-state index contributed by atoms with van der Waals surface area (Å²) in [6.07, 6.45) is 0.888. The zero-order chi connectivity index (χ0) is 22.0. The summed E-state index contributed by atoms with van der Waals surface area (Å²) in [7, 11) is -1.98. The van der Waals surface area contributed by atoms with Gasteiger partial charge in [0.05, 0.1) is 11.5 Å². The van der Waals surface area contributed by atoms with Crippen LogP contribution >= 0.6 is 0 Å². The van der Waals surface area contributed by atoms with Crippen molar-refractivity contribution in [2.45, 2.75) is 24.7 Å². The van der Waals surface area contributed by atoms with E-state index in [4.69, 9.17) is 9.15 Å². The fourth-order valence-corrected chi connectivity index (χ4v) is 5.21. The average molecular weight is 444 g/mol. The Balaban J connectivity index is 1.40. The highest BCUT2D eigenvalue weighted by Gasteiger charge is 2.34. The van der Waals surface area contributed by atoms with Gasteiger partial charge in [0.2, 0.25) is 15.9 Å². The van der Waals surface area contributed by atoms with Crippen LogP contribution in [0.5, 0.6) is 5.75 Å². The second-order valence-corrected chi connectivity index (χ2v) is 9.38. The first-order valence-corrected chi connectivity index (χ1v) is 11.7. The highest BCUT2D eigenvalue weighted by atomic mass is 32.2. The number of hydrogen-bond acceptors (Lipinski definition) is 6. The lowest BCUT2D eigenvalue weighted by Crippen LogP contribution is -2.43. The number of oxazole rings is 1. The molecule has 1 amide bonds. The molecule has 31 heavy (non-hydrogen) atoms. The summed E-state index contributed by atoms with van der Waals surface area (Å²) in [6, 6.07) is 14.0. The van der Waals surface area contributed by atoms with Crippen molar-refractivity contribution in [3.8, 4) is 5.75 Å². The second kappa shape index (κ2) is 8.68. The van der Waals surface area contributed by atoms with Crippen LogP contribution in [0, 0.1) is 5.92 Å². The maximum Gasteiger partial charge on any atom is 0.304 e. The van der Waals surface area contributed by atoms with E-state index in [1.165, 1.54) is 9.21 Å². The molecule has 1 aliphatic rings. The summed E-state index contributed by atoms with van der Waals surface area (Å²) in [5, 5.41) is 0. The molecule has 0 atom stereocenters. The third-order valence-corrected chi connectivity index (χ3v) is 7.39. The number of para-hydroxylation sites is 2. The number of sulfonamides is 1. The molecule has 0 saturated carbocycles. The van der Waals surface area contributed by atoms with Gasteiger partial charge >= 0.3 is 6.01 Å². The summed E-state index contributed by atoms with van der Waals surface area (Å²) in [6.45, 7) is 2.96. The van der Waals surface area contributed by atoms with Crippen LogP contribution < -0.4 is 9.64 Å².